The Hall–Kier alpha value is -0.0405. The van der Waals surface area contributed by atoms with E-state index in [9.17, 15) is 0 Å². The van der Waals surface area contributed by atoms with Crippen molar-refractivity contribution in [2.75, 3.05) is 14.1 Å². The first kappa shape index (κ1) is 9.96. The Bertz CT molecular complexity index is 127. The van der Waals surface area contributed by atoms with Crippen molar-refractivity contribution in [3.05, 3.63) is 22.7 Å². The zero-order valence-electron chi connectivity index (χ0n) is 6.79. The van der Waals surface area contributed by atoms with Crippen molar-refractivity contribution < 1.29 is 15.0 Å². The molecule has 1 rings (SSSR count). The summed E-state index contributed by atoms with van der Waals surface area (Å²) in [5.74, 6) is 2.19. The predicted octanol–water partition coefficient (Wildman–Crippen LogP) is 1.80. The van der Waals surface area contributed by atoms with E-state index in [1.165, 1.54) is 21.4 Å². The molecule has 0 saturated heterocycles. The van der Waals surface area contributed by atoms with Crippen molar-refractivity contribution in [1.29, 1.82) is 0 Å². The summed E-state index contributed by atoms with van der Waals surface area (Å²) in [4.78, 5) is 0. The molecule has 0 aliphatic heterocycles. The van der Waals surface area contributed by atoms with Gasteiger partial charge in [0.05, 0.1) is 0 Å². The Balaban J connectivity index is 0.000000236. The van der Waals surface area contributed by atoms with Crippen molar-refractivity contribution in [2.24, 2.45) is 0 Å². The van der Waals surface area contributed by atoms with Gasteiger partial charge in [0.25, 0.3) is 0 Å². The predicted molar refractivity (Wildman–Crippen MR) is 42.7 cm³/mol. The zero-order chi connectivity index (χ0) is 7.82. The summed E-state index contributed by atoms with van der Waals surface area (Å²) in [7, 11) is 3.75. The maximum absolute atomic E-state index is 2.75. The molecular formula is C8H15FeN. The molecule has 0 unspecified atom stereocenters. The standard InChI is InChI=1S/C5H5.C2H7N.CH3.Fe/c1-2-4-5-3-1;1-3-2;;/h1-3H,4H2;3H,1-2H3;1H3;. The van der Waals surface area contributed by atoms with Gasteiger partial charge in [0.2, 0.25) is 0 Å². The molecule has 0 bridgehead atoms. The van der Waals surface area contributed by atoms with E-state index in [-0.39, 0.29) is 0 Å². The van der Waals surface area contributed by atoms with Gasteiger partial charge in [-0.15, -0.1) is 0 Å². The second-order valence-electron chi connectivity index (χ2n) is 1.91. The fourth-order valence-electron chi connectivity index (χ4n) is 0.547. The monoisotopic (exact) mass is 181 g/mol. The molecule has 2 heteroatoms. The van der Waals surface area contributed by atoms with E-state index in [0.29, 0.717) is 0 Å². The quantitative estimate of drug-likeness (QED) is 0.608. The van der Waals surface area contributed by atoms with Crippen LogP contribution in [0.25, 0.3) is 0 Å². The fraction of sp³-hybridized carbons (Fsp3) is 0.500. The van der Waals surface area contributed by atoms with E-state index in [0.717, 1.165) is 0 Å². The van der Waals surface area contributed by atoms with E-state index in [1.54, 1.807) is 4.47 Å². The van der Waals surface area contributed by atoms with Gasteiger partial charge in [-0.05, 0) is 14.1 Å². The van der Waals surface area contributed by atoms with Gasteiger partial charge < -0.3 is 5.32 Å². The summed E-state index contributed by atoms with van der Waals surface area (Å²) in [6, 6.07) is 0. The molecule has 0 heterocycles. The minimum atomic E-state index is 1.19. The van der Waals surface area contributed by atoms with Gasteiger partial charge in [0.1, 0.15) is 0 Å². The van der Waals surface area contributed by atoms with Crippen LogP contribution >= 0.6 is 0 Å². The van der Waals surface area contributed by atoms with Crippen molar-refractivity contribution in [2.45, 2.75) is 12.2 Å². The molecule has 1 aliphatic carbocycles. The van der Waals surface area contributed by atoms with Gasteiger partial charge in [-0.2, -0.15) is 0 Å². The molecule has 0 saturated carbocycles. The van der Waals surface area contributed by atoms with Crippen LogP contribution in [0, 0.1) is 0 Å². The van der Waals surface area contributed by atoms with E-state index >= 15 is 0 Å². The number of nitrogens with one attached hydrogen (secondary N) is 1. The molecule has 1 N–H and O–H groups in total. The van der Waals surface area contributed by atoms with Gasteiger partial charge in [-0.3, -0.25) is 0 Å². The molecule has 1 aliphatic rings. The van der Waals surface area contributed by atoms with E-state index in [4.69, 9.17) is 0 Å². The third kappa shape index (κ3) is 4.80. The van der Waals surface area contributed by atoms with Crippen molar-refractivity contribution >= 4 is 0 Å². The third-order valence-corrected chi connectivity index (χ3v) is 2.06. The number of allylic oxidation sites excluding steroid dienone is 4. The van der Waals surface area contributed by atoms with Crippen LogP contribution in [0.3, 0.4) is 0 Å². The number of hydrogen-bond acceptors (Lipinski definition) is 1. The molecule has 0 amide bonds. The van der Waals surface area contributed by atoms with Crippen molar-refractivity contribution in [3.63, 3.8) is 0 Å². The average molecular weight is 181 g/mol. The molecule has 0 atom stereocenters. The van der Waals surface area contributed by atoms with E-state index in [2.05, 4.69) is 29.4 Å². The number of rotatable bonds is 1. The second-order valence-corrected chi connectivity index (χ2v) is 3.17. The van der Waals surface area contributed by atoms with Crippen molar-refractivity contribution in [3.8, 4) is 0 Å². The average Bonchev–Trinajstić information content (AvgIpc) is 2.39. The van der Waals surface area contributed by atoms with E-state index in [1.807, 2.05) is 14.1 Å². The van der Waals surface area contributed by atoms with Gasteiger partial charge in [0.15, 0.2) is 0 Å². The SMILES string of the molecule is CNC.[CH3][Fe][C]1=CC=CC1. The van der Waals surface area contributed by atoms with Gasteiger partial charge in [-0.25, -0.2) is 0 Å². The summed E-state index contributed by atoms with van der Waals surface area (Å²) in [6.07, 6.45) is 7.70. The molecule has 0 aromatic carbocycles. The molecule has 1 nitrogen and oxygen atoms in total. The summed E-state index contributed by atoms with van der Waals surface area (Å²) in [5, 5.41) is 2.75. The van der Waals surface area contributed by atoms with Gasteiger partial charge >= 0.3 is 49.9 Å². The maximum atomic E-state index is 2.75. The molecule has 0 aromatic heterocycles. The molecular weight excluding hydrogens is 166 g/mol. The van der Waals surface area contributed by atoms with E-state index < -0.39 is 0 Å². The van der Waals surface area contributed by atoms with Crippen LogP contribution in [0.1, 0.15) is 6.42 Å². The second kappa shape index (κ2) is 7.07. The van der Waals surface area contributed by atoms with Crippen LogP contribution < -0.4 is 5.32 Å². The van der Waals surface area contributed by atoms with Gasteiger partial charge in [0, 0.05) is 0 Å². The van der Waals surface area contributed by atoms with Crippen molar-refractivity contribution in [1.82, 2.24) is 5.32 Å². The first-order valence-electron chi connectivity index (χ1n) is 3.25. The Morgan fingerprint density at radius 3 is 2.30 bits per heavy atom. The summed E-state index contributed by atoms with van der Waals surface area (Å²) >= 11 is 1.22. The molecule has 10 heavy (non-hydrogen) atoms. The first-order chi connectivity index (χ1) is 4.85. The van der Waals surface area contributed by atoms with Crippen LogP contribution in [-0.4, -0.2) is 14.1 Å². The topological polar surface area (TPSA) is 12.0 Å². The molecule has 0 spiro atoms. The van der Waals surface area contributed by atoms with Crippen LogP contribution in [0.2, 0.25) is 5.82 Å². The molecule has 0 aromatic rings. The Morgan fingerprint density at radius 1 is 1.50 bits per heavy atom. The van der Waals surface area contributed by atoms with Crippen LogP contribution in [0.4, 0.5) is 0 Å². The summed E-state index contributed by atoms with van der Waals surface area (Å²) < 4.78 is 1.56. The third-order valence-electron chi connectivity index (χ3n) is 0.944. The summed E-state index contributed by atoms with van der Waals surface area (Å²) in [5.41, 5.74) is 0. The normalized spacial score (nSPS) is 14.5. The zero-order valence-corrected chi connectivity index (χ0v) is 7.90. The molecule has 0 radical (unpaired) electrons. The summed E-state index contributed by atoms with van der Waals surface area (Å²) in [6.45, 7) is 0. The van der Waals surface area contributed by atoms with Crippen LogP contribution in [0.15, 0.2) is 22.7 Å². The Kier molecular flexibility index (Phi) is 7.04. The van der Waals surface area contributed by atoms with Crippen LogP contribution in [0.5, 0.6) is 0 Å². The fourth-order valence-corrected chi connectivity index (χ4v) is 1.19. The first-order valence-corrected chi connectivity index (χ1v) is 4.90. The molecule has 60 valence electrons. The Morgan fingerprint density at radius 2 is 2.10 bits per heavy atom. The number of hydrogen-bond donors (Lipinski definition) is 1. The van der Waals surface area contributed by atoms with Gasteiger partial charge in [-0.1, -0.05) is 0 Å². The van der Waals surface area contributed by atoms with Crippen LogP contribution in [-0.2, 0) is 15.0 Å². The molecule has 0 fully saturated rings. The Labute approximate surface area is 69.7 Å². The minimum absolute atomic E-state index is 1.19.